The summed E-state index contributed by atoms with van der Waals surface area (Å²) in [5, 5.41) is 0.362. The van der Waals surface area contributed by atoms with Gasteiger partial charge < -0.3 is 20.1 Å². The van der Waals surface area contributed by atoms with Crippen LogP contribution in [0.25, 0.3) is 0 Å². The summed E-state index contributed by atoms with van der Waals surface area (Å²) in [7, 11) is 3.21. The van der Waals surface area contributed by atoms with Gasteiger partial charge in [-0.1, -0.05) is 11.6 Å². The number of piperazine rings is 1. The molecule has 1 aromatic carbocycles. The number of nitrogen functional groups attached to an aromatic ring is 1. The molecular formula is C16H24ClN3O3. The fourth-order valence-corrected chi connectivity index (χ4v) is 2.96. The van der Waals surface area contributed by atoms with Gasteiger partial charge in [0.1, 0.15) is 5.75 Å². The lowest BCUT2D eigenvalue weighted by molar-refractivity contribution is 0.0432. The molecule has 1 unspecified atom stereocenters. The molecule has 1 aromatic rings. The molecule has 2 rings (SSSR count). The van der Waals surface area contributed by atoms with Crippen molar-refractivity contribution in [1.29, 1.82) is 0 Å². The maximum absolute atomic E-state index is 12.8. The summed E-state index contributed by atoms with van der Waals surface area (Å²) in [6, 6.07) is 3.45. The predicted molar refractivity (Wildman–Crippen MR) is 91.2 cm³/mol. The third kappa shape index (κ3) is 4.07. The Morgan fingerprint density at radius 1 is 1.39 bits per heavy atom. The third-order valence-corrected chi connectivity index (χ3v) is 4.51. The molecule has 0 aliphatic carbocycles. The minimum atomic E-state index is -0.0815. The van der Waals surface area contributed by atoms with Crippen molar-refractivity contribution in [2.24, 2.45) is 0 Å². The lowest BCUT2D eigenvalue weighted by Gasteiger charge is -2.39. The molecule has 1 aliphatic heterocycles. The number of anilines is 1. The number of halogens is 1. The number of hydrogen-bond acceptors (Lipinski definition) is 5. The Kier molecular flexibility index (Phi) is 6.10. The molecule has 1 aliphatic rings. The SMILES string of the molecule is COCCN1CCN(C(=O)c2cc(Cl)c(N)cc2OC)CC1C. The number of amides is 1. The van der Waals surface area contributed by atoms with Crippen LogP contribution in [0.5, 0.6) is 5.75 Å². The van der Waals surface area contributed by atoms with E-state index in [9.17, 15) is 4.79 Å². The van der Waals surface area contributed by atoms with Gasteiger partial charge in [-0.25, -0.2) is 0 Å². The molecular weight excluding hydrogens is 318 g/mol. The molecule has 1 fully saturated rings. The first kappa shape index (κ1) is 17.8. The van der Waals surface area contributed by atoms with Crippen LogP contribution in [0, 0.1) is 0 Å². The van der Waals surface area contributed by atoms with Crippen LogP contribution in [0.1, 0.15) is 17.3 Å². The van der Waals surface area contributed by atoms with Crippen molar-refractivity contribution in [3.63, 3.8) is 0 Å². The minimum Gasteiger partial charge on any atom is -0.496 e. The molecule has 0 bridgehead atoms. The number of hydrogen-bond donors (Lipinski definition) is 1. The number of ether oxygens (including phenoxy) is 2. The molecule has 1 heterocycles. The summed E-state index contributed by atoms with van der Waals surface area (Å²) < 4.78 is 10.4. The van der Waals surface area contributed by atoms with Gasteiger partial charge in [0.25, 0.3) is 5.91 Å². The second-order valence-electron chi connectivity index (χ2n) is 5.70. The van der Waals surface area contributed by atoms with Gasteiger partial charge in [-0.3, -0.25) is 9.69 Å². The standard InChI is InChI=1S/C16H24ClN3O3/c1-11-10-20(5-4-19(11)6-7-22-2)16(21)12-8-13(17)14(18)9-15(12)23-3/h8-9,11H,4-7,10,18H2,1-3H3. The summed E-state index contributed by atoms with van der Waals surface area (Å²) in [4.78, 5) is 17.0. The van der Waals surface area contributed by atoms with E-state index in [4.69, 9.17) is 26.8 Å². The number of nitrogens with two attached hydrogens (primary N) is 1. The topological polar surface area (TPSA) is 68.0 Å². The zero-order chi connectivity index (χ0) is 17.0. The Labute approximate surface area is 142 Å². The summed E-state index contributed by atoms with van der Waals surface area (Å²) in [5.74, 6) is 0.369. The van der Waals surface area contributed by atoms with Crippen LogP contribution in [-0.2, 0) is 4.74 Å². The first-order valence-electron chi connectivity index (χ1n) is 7.63. The third-order valence-electron chi connectivity index (χ3n) is 4.18. The van der Waals surface area contributed by atoms with E-state index >= 15 is 0 Å². The fourth-order valence-electron chi connectivity index (χ4n) is 2.80. The molecule has 0 spiro atoms. The molecule has 2 N–H and O–H groups in total. The van der Waals surface area contributed by atoms with Crippen LogP contribution in [0.3, 0.4) is 0 Å². The van der Waals surface area contributed by atoms with Gasteiger partial charge >= 0.3 is 0 Å². The van der Waals surface area contributed by atoms with Crippen molar-refractivity contribution in [1.82, 2.24) is 9.80 Å². The number of methoxy groups -OCH3 is 2. The van der Waals surface area contributed by atoms with Crippen molar-refractivity contribution in [3.05, 3.63) is 22.7 Å². The first-order valence-corrected chi connectivity index (χ1v) is 8.01. The number of nitrogens with zero attached hydrogens (tertiary/aromatic N) is 2. The molecule has 0 saturated carbocycles. The molecule has 1 amide bonds. The molecule has 6 nitrogen and oxygen atoms in total. The van der Waals surface area contributed by atoms with Gasteiger partial charge in [-0.15, -0.1) is 0 Å². The Morgan fingerprint density at radius 2 is 2.13 bits per heavy atom. The van der Waals surface area contributed by atoms with Crippen molar-refractivity contribution in [2.75, 3.05) is 52.7 Å². The van der Waals surface area contributed by atoms with Crippen LogP contribution in [0.4, 0.5) is 5.69 Å². The number of benzene rings is 1. The summed E-state index contributed by atoms with van der Waals surface area (Å²) >= 11 is 6.06. The molecule has 23 heavy (non-hydrogen) atoms. The zero-order valence-corrected chi connectivity index (χ0v) is 14.6. The Morgan fingerprint density at radius 3 is 2.74 bits per heavy atom. The van der Waals surface area contributed by atoms with E-state index in [0.717, 1.165) is 13.1 Å². The van der Waals surface area contributed by atoms with Crippen molar-refractivity contribution in [3.8, 4) is 5.75 Å². The summed E-state index contributed by atoms with van der Waals surface area (Å²) in [6.07, 6.45) is 0. The van der Waals surface area contributed by atoms with E-state index < -0.39 is 0 Å². The van der Waals surface area contributed by atoms with Crippen molar-refractivity contribution < 1.29 is 14.3 Å². The first-order chi connectivity index (χ1) is 11.0. The monoisotopic (exact) mass is 341 g/mol. The van der Waals surface area contributed by atoms with Gasteiger partial charge in [0.2, 0.25) is 0 Å². The van der Waals surface area contributed by atoms with Gasteiger partial charge in [-0.2, -0.15) is 0 Å². The van der Waals surface area contributed by atoms with Crippen molar-refractivity contribution in [2.45, 2.75) is 13.0 Å². The second-order valence-corrected chi connectivity index (χ2v) is 6.11. The Hall–Kier alpha value is -1.50. The highest BCUT2D eigenvalue weighted by Gasteiger charge is 2.28. The smallest absolute Gasteiger partial charge is 0.257 e. The van der Waals surface area contributed by atoms with E-state index in [-0.39, 0.29) is 11.9 Å². The predicted octanol–water partition coefficient (Wildman–Crippen LogP) is 1.72. The highest BCUT2D eigenvalue weighted by atomic mass is 35.5. The average Bonchev–Trinajstić information content (AvgIpc) is 2.55. The van der Waals surface area contributed by atoms with Gasteiger partial charge in [-0.05, 0) is 13.0 Å². The van der Waals surface area contributed by atoms with Crippen LogP contribution in [0.15, 0.2) is 12.1 Å². The molecule has 1 saturated heterocycles. The van der Waals surface area contributed by atoms with E-state index in [1.807, 2.05) is 4.90 Å². The molecule has 0 radical (unpaired) electrons. The van der Waals surface area contributed by atoms with Gasteiger partial charge in [0.15, 0.2) is 0 Å². The van der Waals surface area contributed by atoms with Gasteiger partial charge in [0, 0.05) is 45.4 Å². The molecule has 128 valence electrons. The number of rotatable bonds is 5. The lowest BCUT2D eigenvalue weighted by atomic mass is 10.1. The van der Waals surface area contributed by atoms with Crippen LogP contribution < -0.4 is 10.5 Å². The molecule has 7 heteroatoms. The molecule has 0 aromatic heterocycles. The maximum atomic E-state index is 12.8. The van der Waals surface area contributed by atoms with E-state index in [0.29, 0.717) is 41.7 Å². The minimum absolute atomic E-state index is 0.0815. The second kappa shape index (κ2) is 7.86. The summed E-state index contributed by atoms with van der Waals surface area (Å²) in [5.41, 5.74) is 6.62. The largest absolute Gasteiger partial charge is 0.496 e. The van der Waals surface area contributed by atoms with Crippen LogP contribution >= 0.6 is 11.6 Å². The normalized spacial score (nSPS) is 19.0. The van der Waals surface area contributed by atoms with Crippen LogP contribution in [0.2, 0.25) is 5.02 Å². The molecule has 1 atom stereocenters. The van der Waals surface area contributed by atoms with Crippen molar-refractivity contribution >= 4 is 23.2 Å². The Balaban J connectivity index is 2.12. The number of carbonyl (C=O) groups excluding carboxylic acids is 1. The average molecular weight is 342 g/mol. The van der Waals surface area contributed by atoms with E-state index in [1.54, 1.807) is 19.2 Å². The lowest BCUT2D eigenvalue weighted by Crippen LogP contribution is -2.54. The van der Waals surface area contributed by atoms with E-state index in [1.165, 1.54) is 7.11 Å². The summed E-state index contributed by atoms with van der Waals surface area (Å²) in [6.45, 7) is 5.83. The Bertz CT molecular complexity index is 568. The zero-order valence-electron chi connectivity index (χ0n) is 13.8. The maximum Gasteiger partial charge on any atom is 0.257 e. The fraction of sp³-hybridized carbons (Fsp3) is 0.562. The highest BCUT2D eigenvalue weighted by Crippen LogP contribution is 2.30. The van der Waals surface area contributed by atoms with Crippen LogP contribution in [-0.4, -0.2) is 68.8 Å². The highest BCUT2D eigenvalue weighted by molar-refractivity contribution is 6.33. The number of carbonyl (C=O) groups is 1. The van der Waals surface area contributed by atoms with Gasteiger partial charge in [0.05, 0.1) is 30.0 Å². The quantitative estimate of drug-likeness (QED) is 0.826. The van der Waals surface area contributed by atoms with E-state index in [2.05, 4.69) is 11.8 Å².